The second-order valence-corrected chi connectivity index (χ2v) is 7.84. The van der Waals surface area contributed by atoms with E-state index in [9.17, 15) is 14.4 Å². The molecule has 7 nitrogen and oxygen atoms in total. The van der Waals surface area contributed by atoms with Crippen molar-refractivity contribution in [3.63, 3.8) is 0 Å². The molecule has 0 bridgehead atoms. The summed E-state index contributed by atoms with van der Waals surface area (Å²) in [4.78, 5) is 46.8. The molecule has 158 valence electrons. The molecule has 1 aliphatic rings. The van der Waals surface area contributed by atoms with E-state index >= 15 is 0 Å². The summed E-state index contributed by atoms with van der Waals surface area (Å²) >= 11 is 0. The molecule has 1 aromatic heterocycles. The molecule has 1 aliphatic heterocycles. The minimum atomic E-state index is -0.450. The molecule has 0 spiro atoms. The Hall–Kier alpha value is -4.26. The lowest BCUT2D eigenvalue weighted by Gasteiger charge is -2.22. The van der Waals surface area contributed by atoms with Crippen molar-refractivity contribution in [2.45, 2.75) is 13.0 Å². The van der Waals surface area contributed by atoms with Crippen molar-refractivity contribution >= 4 is 28.8 Å². The van der Waals surface area contributed by atoms with Gasteiger partial charge in [-0.25, -0.2) is 4.98 Å². The monoisotopic (exact) mass is 424 g/mol. The molecule has 0 saturated carbocycles. The zero-order valence-electron chi connectivity index (χ0n) is 17.3. The van der Waals surface area contributed by atoms with Crippen LogP contribution in [-0.4, -0.2) is 39.1 Å². The van der Waals surface area contributed by atoms with Crippen molar-refractivity contribution in [1.29, 1.82) is 0 Å². The standard InChI is InChI=1S/C25H20N4O3/c1-15-7-9-18-19(11-15)25(32)29(24(18)31)13-22(30)28-23(16-5-3-2-4-6-16)17-8-10-20-21(12-17)27-14-26-20/h2-12,14,23H,13H2,1H3,(H,26,27)(H,28,30). The summed E-state index contributed by atoms with van der Waals surface area (Å²) in [6.07, 6.45) is 1.62. The Kier molecular flexibility index (Phi) is 4.78. The smallest absolute Gasteiger partial charge is 0.262 e. The molecule has 7 heteroatoms. The Bertz CT molecular complexity index is 1360. The van der Waals surface area contributed by atoms with E-state index in [1.807, 2.05) is 55.5 Å². The quantitative estimate of drug-likeness (QED) is 0.480. The molecular weight excluding hydrogens is 404 g/mol. The van der Waals surface area contributed by atoms with Gasteiger partial charge in [0.25, 0.3) is 11.8 Å². The van der Waals surface area contributed by atoms with Crippen molar-refractivity contribution in [1.82, 2.24) is 20.2 Å². The van der Waals surface area contributed by atoms with Gasteiger partial charge >= 0.3 is 0 Å². The average Bonchev–Trinajstić information content (AvgIpc) is 3.36. The number of H-pyrrole nitrogens is 1. The molecule has 1 atom stereocenters. The van der Waals surface area contributed by atoms with Crippen LogP contribution in [0.5, 0.6) is 0 Å². The lowest BCUT2D eigenvalue weighted by atomic mass is 9.98. The lowest BCUT2D eigenvalue weighted by molar-refractivity contribution is -0.121. The van der Waals surface area contributed by atoms with Crippen LogP contribution in [0.3, 0.4) is 0 Å². The number of aromatic amines is 1. The van der Waals surface area contributed by atoms with E-state index < -0.39 is 23.8 Å². The molecule has 3 amide bonds. The highest BCUT2D eigenvalue weighted by atomic mass is 16.2. The first kappa shape index (κ1) is 19.7. The molecule has 1 unspecified atom stereocenters. The Balaban J connectivity index is 1.41. The number of imide groups is 1. The second kappa shape index (κ2) is 7.77. The van der Waals surface area contributed by atoms with Crippen LogP contribution in [0, 0.1) is 6.92 Å². The number of carbonyl (C=O) groups excluding carboxylic acids is 3. The predicted molar refractivity (Wildman–Crippen MR) is 119 cm³/mol. The lowest BCUT2D eigenvalue weighted by Crippen LogP contribution is -2.41. The van der Waals surface area contributed by atoms with E-state index in [-0.39, 0.29) is 6.54 Å². The topological polar surface area (TPSA) is 95.2 Å². The molecule has 3 aromatic carbocycles. The zero-order chi connectivity index (χ0) is 22.2. The van der Waals surface area contributed by atoms with Crippen molar-refractivity contribution in [3.05, 3.63) is 101 Å². The number of rotatable bonds is 5. The maximum atomic E-state index is 13.0. The Morgan fingerprint density at radius 3 is 2.56 bits per heavy atom. The molecule has 4 aromatic rings. The van der Waals surface area contributed by atoms with E-state index in [1.165, 1.54) is 0 Å². The Labute approximate surface area is 184 Å². The number of hydrogen-bond acceptors (Lipinski definition) is 4. The summed E-state index contributed by atoms with van der Waals surface area (Å²) < 4.78 is 0. The first-order chi connectivity index (χ1) is 15.5. The summed E-state index contributed by atoms with van der Waals surface area (Å²) in [6.45, 7) is 1.51. The highest BCUT2D eigenvalue weighted by Crippen LogP contribution is 2.26. The molecular formula is C25H20N4O3. The largest absolute Gasteiger partial charge is 0.345 e. The Morgan fingerprint density at radius 1 is 0.969 bits per heavy atom. The normalized spacial score (nSPS) is 14.0. The molecule has 0 saturated heterocycles. The summed E-state index contributed by atoms with van der Waals surface area (Å²) in [5.41, 5.74) is 4.98. The zero-order valence-corrected chi connectivity index (χ0v) is 17.3. The van der Waals surface area contributed by atoms with Gasteiger partial charge in [-0.2, -0.15) is 0 Å². The fraction of sp³-hybridized carbons (Fsp3) is 0.120. The van der Waals surface area contributed by atoms with Crippen LogP contribution in [0.1, 0.15) is 43.4 Å². The van der Waals surface area contributed by atoms with Crippen molar-refractivity contribution < 1.29 is 14.4 Å². The maximum Gasteiger partial charge on any atom is 0.262 e. The fourth-order valence-corrected chi connectivity index (χ4v) is 4.04. The third-order valence-corrected chi connectivity index (χ3v) is 5.64. The third kappa shape index (κ3) is 3.43. The number of imidazole rings is 1. The van der Waals surface area contributed by atoms with Crippen LogP contribution in [0.4, 0.5) is 0 Å². The maximum absolute atomic E-state index is 13.0. The molecule has 0 radical (unpaired) electrons. The van der Waals surface area contributed by atoms with E-state index in [0.29, 0.717) is 11.1 Å². The van der Waals surface area contributed by atoms with Gasteiger partial charge < -0.3 is 10.3 Å². The van der Waals surface area contributed by atoms with Gasteiger partial charge in [-0.1, -0.05) is 48.0 Å². The van der Waals surface area contributed by atoms with Crippen molar-refractivity contribution in [2.75, 3.05) is 6.54 Å². The van der Waals surface area contributed by atoms with Crippen LogP contribution in [0.15, 0.2) is 73.1 Å². The second-order valence-electron chi connectivity index (χ2n) is 7.84. The van der Waals surface area contributed by atoms with Gasteiger partial charge in [0.2, 0.25) is 5.91 Å². The number of benzene rings is 3. The van der Waals surface area contributed by atoms with E-state index in [1.54, 1.807) is 24.5 Å². The van der Waals surface area contributed by atoms with Gasteiger partial charge in [-0.3, -0.25) is 19.3 Å². The van der Waals surface area contributed by atoms with Gasteiger partial charge in [0, 0.05) is 0 Å². The number of hydrogen-bond donors (Lipinski definition) is 2. The highest BCUT2D eigenvalue weighted by molar-refractivity contribution is 6.22. The van der Waals surface area contributed by atoms with Crippen LogP contribution in [0.25, 0.3) is 11.0 Å². The van der Waals surface area contributed by atoms with Gasteiger partial charge in [0.15, 0.2) is 0 Å². The average molecular weight is 424 g/mol. The summed E-state index contributed by atoms with van der Waals surface area (Å²) in [5, 5.41) is 2.99. The van der Waals surface area contributed by atoms with Gasteiger partial charge in [0.1, 0.15) is 6.54 Å². The number of aromatic nitrogens is 2. The summed E-state index contributed by atoms with van der Waals surface area (Å²) in [5.74, 6) is -1.32. The molecule has 0 aliphatic carbocycles. The minimum Gasteiger partial charge on any atom is -0.345 e. The minimum absolute atomic E-state index is 0.331. The number of aryl methyl sites for hydroxylation is 1. The van der Waals surface area contributed by atoms with Crippen LogP contribution in [-0.2, 0) is 4.79 Å². The van der Waals surface area contributed by atoms with E-state index in [2.05, 4.69) is 15.3 Å². The van der Waals surface area contributed by atoms with Gasteiger partial charge in [-0.15, -0.1) is 0 Å². The van der Waals surface area contributed by atoms with E-state index in [0.717, 1.165) is 32.6 Å². The first-order valence-corrected chi connectivity index (χ1v) is 10.3. The number of carbonyl (C=O) groups is 3. The van der Waals surface area contributed by atoms with Crippen molar-refractivity contribution in [3.8, 4) is 0 Å². The van der Waals surface area contributed by atoms with Crippen LogP contribution < -0.4 is 5.32 Å². The van der Waals surface area contributed by atoms with Crippen LogP contribution >= 0.6 is 0 Å². The number of amides is 3. The molecule has 0 fully saturated rings. The van der Waals surface area contributed by atoms with Crippen LogP contribution in [0.2, 0.25) is 0 Å². The summed E-state index contributed by atoms with van der Waals surface area (Å²) in [6, 6.07) is 19.9. The summed E-state index contributed by atoms with van der Waals surface area (Å²) in [7, 11) is 0. The van der Waals surface area contributed by atoms with E-state index in [4.69, 9.17) is 0 Å². The highest BCUT2D eigenvalue weighted by Gasteiger charge is 2.37. The first-order valence-electron chi connectivity index (χ1n) is 10.3. The SMILES string of the molecule is Cc1ccc2c(c1)C(=O)N(CC(=O)NC(c1ccccc1)c1ccc3nc[nH]c3c1)C2=O. The molecule has 2 heterocycles. The Morgan fingerprint density at radius 2 is 1.75 bits per heavy atom. The number of nitrogens with one attached hydrogen (secondary N) is 2. The van der Waals surface area contributed by atoms with Gasteiger partial charge in [-0.05, 0) is 42.3 Å². The fourth-order valence-electron chi connectivity index (χ4n) is 4.04. The van der Waals surface area contributed by atoms with Crippen molar-refractivity contribution in [2.24, 2.45) is 0 Å². The molecule has 32 heavy (non-hydrogen) atoms. The third-order valence-electron chi connectivity index (χ3n) is 5.64. The molecule has 2 N–H and O–H groups in total. The molecule has 5 rings (SSSR count). The predicted octanol–water partition coefficient (Wildman–Crippen LogP) is 3.37. The number of nitrogens with zero attached hydrogens (tertiary/aromatic N) is 2. The number of fused-ring (bicyclic) bond motifs is 2. The van der Waals surface area contributed by atoms with Gasteiger partial charge in [0.05, 0.1) is 34.5 Å².